The normalized spacial score (nSPS) is 10.6. The predicted octanol–water partition coefficient (Wildman–Crippen LogP) is 2.52. The first-order chi connectivity index (χ1) is 9.50. The van der Waals surface area contributed by atoms with Crippen molar-refractivity contribution in [1.82, 2.24) is 9.78 Å². The standard InChI is InChI=1S/C15H19N3OS/c1-10-11(2)17-18(12(10)3)8-9-19-14-7-5-4-6-13(14)15(16)20/h4-7H,8-9H2,1-3H3,(H2,16,20). The van der Waals surface area contributed by atoms with Crippen LogP contribution in [-0.4, -0.2) is 21.4 Å². The Balaban J connectivity index is 2.03. The lowest BCUT2D eigenvalue weighted by Crippen LogP contribution is -2.15. The van der Waals surface area contributed by atoms with E-state index in [-0.39, 0.29) is 0 Å². The van der Waals surface area contributed by atoms with E-state index >= 15 is 0 Å². The van der Waals surface area contributed by atoms with Gasteiger partial charge in [-0.1, -0.05) is 24.4 Å². The SMILES string of the molecule is Cc1nn(CCOc2ccccc2C(N)=S)c(C)c1C. The van der Waals surface area contributed by atoms with Crippen LogP contribution in [0.25, 0.3) is 0 Å². The summed E-state index contributed by atoms with van der Waals surface area (Å²) in [7, 11) is 0. The molecular formula is C15H19N3OS. The topological polar surface area (TPSA) is 53.1 Å². The number of hydrogen-bond acceptors (Lipinski definition) is 3. The lowest BCUT2D eigenvalue weighted by atomic mass is 10.2. The van der Waals surface area contributed by atoms with Crippen LogP contribution in [-0.2, 0) is 6.54 Å². The molecule has 1 heterocycles. The monoisotopic (exact) mass is 289 g/mol. The highest BCUT2D eigenvalue weighted by atomic mass is 32.1. The largest absolute Gasteiger partial charge is 0.491 e. The molecule has 2 rings (SSSR count). The highest BCUT2D eigenvalue weighted by molar-refractivity contribution is 7.80. The van der Waals surface area contributed by atoms with Crippen LogP contribution in [0.2, 0.25) is 0 Å². The number of nitrogens with two attached hydrogens (primary N) is 1. The summed E-state index contributed by atoms with van der Waals surface area (Å²) in [6.07, 6.45) is 0. The minimum Gasteiger partial charge on any atom is -0.491 e. The third kappa shape index (κ3) is 2.99. The summed E-state index contributed by atoms with van der Waals surface area (Å²) in [6.45, 7) is 7.39. The molecule has 0 fully saturated rings. The van der Waals surface area contributed by atoms with Gasteiger partial charge >= 0.3 is 0 Å². The Hall–Kier alpha value is -1.88. The zero-order chi connectivity index (χ0) is 14.7. The van der Waals surface area contributed by atoms with Crippen molar-refractivity contribution in [2.24, 2.45) is 5.73 Å². The smallest absolute Gasteiger partial charge is 0.129 e. The summed E-state index contributed by atoms with van der Waals surface area (Å²) < 4.78 is 7.74. The van der Waals surface area contributed by atoms with E-state index in [4.69, 9.17) is 22.7 Å². The van der Waals surface area contributed by atoms with E-state index in [1.165, 1.54) is 11.3 Å². The molecule has 0 atom stereocenters. The molecule has 5 heteroatoms. The first-order valence-electron chi connectivity index (χ1n) is 6.53. The maximum absolute atomic E-state index is 5.78. The number of rotatable bonds is 5. The van der Waals surface area contributed by atoms with Gasteiger partial charge in [0.25, 0.3) is 0 Å². The first-order valence-corrected chi connectivity index (χ1v) is 6.93. The fraction of sp³-hybridized carbons (Fsp3) is 0.333. The summed E-state index contributed by atoms with van der Waals surface area (Å²) in [5, 5.41) is 4.48. The van der Waals surface area contributed by atoms with Crippen molar-refractivity contribution in [3.8, 4) is 5.75 Å². The molecule has 20 heavy (non-hydrogen) atoms. The lowest BCUT2D eigenvalue weighted by Gasteiger charge is -2.11. The van der Waals surface area contributed by atoms with Crippen LogP contribution in [0, 0.1) is 20.8 Å². The molecule has 0 amide bonds. The van der Waals surface area contributed by atoms with Crippen LogP contribution in [0.3, 0.4) is 0 Å². The average Bonchev–Trinajstić information content (AvgIpc) is 2.67. The van der Waals surface area contributed by atoms with Crippen LogP contribution in [0.4, 0.5) is 0 Å². The molecule has 0 aliphatic rings. The minimum atomic E-state index is 0.350. The zero-order valence-electron chi connectivity index (χ0n) is 12.0. The second-order valence-electron chi connectivity index (χ2n) is 4.73. The van der Waals surface area contributed by atoms with Crippen LogP contribution in [0.15, 0.2) is 24.3 Å². The van der Waals surface area contributed by atoms with E-state index in [0.29, 0.717) is 18.1 Å². The minimum absolute atomic E-state index is 0.350. The summed E-state index contributed by atoms with van der Waals surface area (Å²) in [4.78, 5) is 0.350. The Morgan fingerprint density at radius 3 is 2.60 bits per heavy atom. The van der Waals surface area contributed by atoms with Crippen molar-refractivity contribution in [2.75, 3.05) is 6.61 Å². The number of hydrogen-bond donors (Lipinski definition) is 1. The second-order valence-corrected chi connectivity index (χ2v) is 5.17. The molecule has 0 saturated heterocycles. The van der Waals surface area contributed by atoms with E-state index in [1.54, 1.807) is 0 Å². The molecule has 0 radical (unpaired) electrons. The van der Waals surface area contributed by atoms with Gasteiger partial charge in [0.2, 0.25) is 0 Å². The summed E-state index contributed by atoms with van der Waals surface area (Å²) in [6, 6.07) is 7.54. The number of nitrogens with zero attached hydrogens (tertiary/aromatic N) is 2. The van der Waals surface area contributed by atoms with Crippen molar-refractivity contribution in [1.29, 1.82) is 0 Å². The summed E-state index contributed by atoms with van der Waals surface area (Å²) in [5.41, 5.74) is 9.92. The van der Waals surface area contributed by atoms with E-state index in [2.05, 4.69) is 18.9 Å². The Morgan fingerprint density at radius 2 is 2.00 bits per heavy atom. The molecule has 0 aliphatic heterocycles. The van der Waals surface area contributed by atoms with Gasteiger partial charge < -0.3 is 10.5 Å². The molecule has 0 aliphatic carbocycles. The molecule has 0 bridgehead atoms. The van der Waals surface area contributed by atoms with E-state index in [0.717, 1.165) is 17.0 Å². The molecular weight excluding hydrogens is 270 g/mol. The molecule has 0 unspecified atom stereocenters. The zero-order valence-corrected chi connectivity index (χ0v) is 12.8. The Labute approximate surface area is 124 Å². The average molecular weight is 289 g/mol. The predicted molar refractivity (Wildman–Crippen MR) is 84.3 cm³/mol. The van der Waals surface area contributed by atoms with Gasteiger partial charge in [-0.05, 0) is 38.5 Å². The van der Waals surface area contributed by atoms with Gasteiger partial charge in [-0.3, -0.25) is 4.68 Å². The van der Waals surface area contributed by atoms with Gasteiger partial charge in [0.05, 0.1) is 17.8 Å². The van der Waals surface area contributed by atoms with Crippen molar-refractivity contribution in [3.63, 3.8) is 0 Å². The highest BCUT2D eigenvalue weighted by Gasteiger charge is 2.08. The molecule has 4 nitrogen and oxygen atoms in total. The molecule has 2 N–H and O–H groups in total. The number of para-hydroxylation sites is 1. The summed E-state index contributed by atoms with van der Waals surface area (Å²) >= 11 is 5.01. The van der Waals surface area contributed by atoms with Crippen LogP contribution in [0.1, 0.15) is 22.5 Å². The lowest BCUT2D eigenvalue weighted by molar-refractivity contribution is 0.289. The van der Waals surface area contributed by atoms with E-state index < -0.39 is 0 Å². The van der Waals surface area contributed by atoms with Crippen molar-refractivity contribution in [3.05, 3.63) is 46.8 Å². The third-order valence-corrected chi connectivity index (χ3v) is 3.68. The van der Waals surface area contributed by atoms with E-state index in [1.807, 2.05) is 35.9 Å². The first kappa shape index (κ1) is 14.5. The van der Waals surface area contributed by atoms with Crippen molar-refractivity contribution < 1.29 is 4.74 Å². The Morgan fingerprint density at radius 1 is 1.30 bits per heavy atom. The number of benzene rings is 1. The van der Waals surface area contributed by atoms with Gasteiger partial charge in [-0.25, -0.2) is 0 Å². The van der Waals surface area contributed by atoms with Crippen LogP contribution < -0.4 is 10.5 Å². The maximum atomic E-state index is 5.78. The fourth-order valence-corrected chi connectivity index (χ4v) is 2.21. The van der Waals surface area contributed by atoms with Crippen LogP contribution >= 0.6 is 12.2 Å². The summed E-state index contributed by atoms with van der Waals surface area (Å²) in [5.74, 6) is 0.721. The van der Waals surface area contributed by atoms with Gasteiger partial charge in [0.1, 0.15) is 17.3 Å². The van der Waals surface area contributed by atoms with Crippen LogP contribution in [0.5, 0.6) is 5.75 Å². The number of thiocarbonyl (C=S) groups is 1. The Kier molecular flexibility index (Phi) is 4.39. The molecule has 1 aromatic heterocycles. The Bertz CT molecular complexity index is 634. The van der Waals surface area contributed by atoms with Gasteiger partial charge in [0.15, 0.2) is 0 Å². The van der Waals surface area contributed by atoms with Crippen molar-refractivity contribution >= 4 is 17.2 Å². The van der Waals surface area contributed by atoms with E-state index in [9.17, 15) is 0 Å². The van der Waals surface area contributed by atoms with Gasteiger partial charge in [-0.15, -0.1) is 0 Å². The number of ether oxygens (including phenoxy) is 1. The second kappa shape index (κ2) is 6.05. The quantitative estimate of drug-likeness (QED) is 0.859. The van der Waals surface area contributed by atoms with Crippen molar-refractivity contribution in [2.45, 2.75) is 27.3 Å². The van der Waals surface area contributed by atoms with Gasteiger partial charge in [-0.2, -0.15) is 5.10 Å². The molecule has 0 saturated carbocycles. The third-order valence-electron chi connectivity index (χ3n) is 3.46. The molecule has 106 valence electrons. The maximum Gasteiger partial charge on any atom is 0.129 e. The number of aryl methyl sites for hydroxylation is 1. The van der Waals surface area contributed by atoms with Gasteiger partial charge in [0, 0.05) is 5.69 Å². The highest BCUT2D eigenvalue weighted by Crippen LogP contribution is 2.18. The number of aromatic nitrogens is 2. The fourth-order valence-electron chi connectivity index (χ4n) is 2.04. The molecule has 0 spiro atoms. The molecule has 1 aromatic carbocycles. The molecule has 2 aromatic rings.